The number of ether oxygens (including phenoxy) is 5. The van der Waals surface area contributed by atoms with Gasteiger partial charge in [0.2, 0.25) is 18.3 Å². The molecule has 2 saturated heterocycles. The Morgan fingerprint density at radius 1 is 0.833 bits per heavy atom. The first kappa shape index (κ1) is 29.8. The van der Waals surface area contributed by atoms with Crippen molar-refractivity contribution in [3.8, 4) is 40.1 Å². The second-order valence-corrected chi connectivity index (χ2v) is 9.95. The number of methoxy groups -OCH3 is 1. The maximum atomic E-state index is 13.1. The molecule has 1 aromatic heterocycles. The van der Waals surface area contributed by atoms with E-state index in [4.69, 9.17) is 28.1 Å². The van der Waals surface area contributed by atoms with Crippen LogP contribution in [0.4, 0.5) is 0 Å². The van der Waals surface area contributed by atoms with Gasteiger partial charge in [0.15, 0.2) is 28.4 Å². The van der Waals surface area contributed by atoms with Crippen molar-refractivity contribution in [1.82, 2.24) is 0 Å². The van der Waals surface area contributed by atoms with Crippen molar-refractivity contribution in [2.45, 2.75) is 62.2 Å². The predicted octanol–water partition coefficient (Wildman–Crippen LogP) is -1.10. The number of aromatic hydroxyl groups is 2. The molecule has 8 N–H and O–H groups in total. The fraction of sp³-hybridized carbons (Fsp3) is 0.444. The lowest BCUT2D eigenvalue weighted by Gasteiger charge is -2.39. The van der Waals surface area contributed by atoms with Gasteiger partial charge in [0.05, 0.1) is 19.8 Å². The van der Waals surface area contributed by atoms with Crippen LogP contribution in [0.1, 0.15) is 6.92 Å². The molecule has 0 bridgehead atoms. The summed E-state index contributed by atoms with van der Waals surface area (Å²) in [5.74, 6) is -1.77. The van der Waals surface area contributed by atoms with E-state index >= 15 is 0 Å². The van der Waals surface area contributed by atoms with E-state index in [1.54, 1.807) is 0 Å². The van der Waals surface area contributed by atoms with Crippen molar-refractivity contribution in [1.29, 1.82) is 0 Å². The molecule has 2 fully saturated rings. The highest BCUT2D eigenvalue weighted by Crippen LogP contribution is 2.44. The van der Waals surface area contributed by atoms with E-state index in [1.165, 1.54) is 38.3 Å². The quantitative estimate of drug-likeness (QED) is 0.169. The third-order valence-corrected chi connectivity index (χ3v) is 7.11. The van der Waals surface area contributed by atoms with E-state index in [1.807, 2.05) is 0 Å². The Kier molecular flexibility index (Phi) is 8.19. The van der Waals surface area contributed by atoms with Gasteiger partial charge in [-0.05, 0) is 25.1 Å². The van der Waals surface area contributed by atoms with Gasteiger partial charge in [-0.3, -0.25) is 4.79 Å². The summed E-state index contributed by atoms with van der Waals surface area (Å²) in [6.07, 6.45) is -13.0. The van der Waals surface area contributed by atoms with E-state index < -0.39 is 66.5 Å². The van der Waals surface area contributed by atoms with E-state index in [0.717, 1.165) is 6.07 Å². The fourth-order valence-electron chi connectivity index (χ4n) is 4.69. The highest BCUT2D eigenvalue weighted by atomic mass is 16.7. The largest absolute Gasteiger partial charge is 0.504 e. The van der Waals surface area contributed by atoms with Gasteiger partial charge in [-0.1, -0.05) is 0 Å². The Morgan fingerprint density at radius 2 is 1.52 bits per heavy atom. The standard InChI is InChI=1S/C27H30O15/c1-9-19(31)22(34)24(36)27(39-9)42-17-7-16-18(21(33)25(17)37-2)12(29)6-14(40-16)10-3-4-11(28)15(5-10)41-26-23(35)20(32)13(30)8-38-26/h3-7,9,13,19-20,22-24,26-28,30-36H,8H2,1-2H3/t9-,13-,19-,20+,22+,23+,24-,26+,27-/m0/s1. The second kappa shape index (κ2) is 11.5. The van der Waals surface area contributed by atoms with Crippen LogP contribution < -0.4 is 19.6 Å². The van der Waals surface area contributed by atoms with Crippen LogP contribution in [0.5, 0.6) is 28.7 Å². The molecule has 42 heavy (non-hydrogen) atoms. The van der Waals surface area contributed by atoms with Crippen molar-refractivity contribution >= 4 is 11.0 Å². The highest BCUT2D eigenvalue weighted by molar-refractivity contribution is 5.89. The molecule has 9 atom stereocenters. The maximum Gasteiger partial charge on any atom is 0.229 e. The number of phenolic OH excluding ortho intramolecular Hbond substituents is 2. The second-order valence-electron chi connectivity index (χ2n) is 9.95. The molecule has 0 unspecified atom stereocenters. The summed E-state index contributed by atoms with van der Waals surface area (Å²) in [4.78, 5) is 13.1. The van der Waals surface area contributed by atoms with E-state index in [0.29, 0.717) is 0 Å². The molecule has 2 aliphatic rings. The van der Waals surface area contributed by atoms with Gasteiger partial charge in [0.25, 0.3) is 0 Å². The zero-order valence-corrected chi connectivity index (χ0v) is 22.2. The maximum absolute atomic E-state index is 13.1. The van der Waals surface area contributed by atoms with Gasteiger partial charge in [0, 0.05) is 17.7 Å². The molecule has 2 aliphatic heterocycles. The smallest absolute Gasteiger partial charge is 0.229 e. The summed E-state index contributed by atoms with van der Waals surface area (Å²) in [6.45, 7) is 1.13. The van der Waals surface area contributed by atoms with E-state index in [-0.39, 0.29) is 51.9 Å². The molecule has 5 rings (SSSR count). The summed E-state index contributed by atoms with van der Waals surface area (Å²) in [5.41, 5.74) is -0.653. The summed E-state index contributed by atoms with van der Waals surface area (Å²) in [5, 5.41) is 81.1. The number of hydrogen-bond acceptors (Lipinski definition) is 15. The van der Waals surface area contributed by atoms with Crippen LogP contribution in [0.25, 0.3) is 22.3 Å². The number of rotatable bonds is 6. The van der Waals surface area contributed by atoms with Crippen molar-refractivity contribution in [3.63, 3.8) is 0 Å². The molecule has 0 spiro atoms. The molecule has 2 aromatic carbocycles. The Labute approximate surface area is 236 Å². The van der Waals surface area contributed by atoms with Crippen molar-refractivity contribution in [2.75, 3.05) is 13.7 Å². The molecule has 0 aliphatic carbocycles. The Balaban J connectivity index is 1.51. The topological polar surface area (TPSA) is 238 Å². The number of fused-ring (bicyclic) bond motifs is 1. The molecule has 3 aromatic rings. The molecule has 0 radical (unpaired) electrons. The fourth-order valence-corrected chi connectivity index (χ4v) is 4.69. The van der Waals surface area contributed by atoms with Crippen LogP contribution in [0.2, 0.25) is 0 Å². The van der Waals surface area contributed by atoms with Crippen LogP contribution >= 0.6 is 0 Å². The Morgan fingerprint density at radius 3 is 2.24 bits per heavy atom. The summed E-state index contributed by atoms with van der Waals surface area (Å²) >= 11 is 0. The first-order valence-corrected chi connectivity index (χ1v) is 12.8. The lowest BCUT2D eigenvalue weighted by atomic mass is 10.00. The van der Waals surface area contributed by atoms with Gasteiger partial charge in [0.1, 0.15) is 53.4 Å². The van der Waals surface area contributed by atoms with E-state index in [2.05, 4.69) is 0 Å². The number of aliphatic hydroxyl groups is 6. The van der Waals surface area contributed by atoms with Crippen molar-refractivity contribution in [3.05, 3.63) is 40.6 Å². The minimum Gasteiger partial charge on any atom is -0.504 e. The van der Waals surface area contributed by atoms with Gasteiger partial charge >= 0.3 is 0 Å². The van der Waals surface area contributed by atoms with Crippen LogP contribution in [0, 0.1) is 0 Å². The zero-order valence-electron chi connectivity index (χ0n) is 22.2. The Hall–Kier alpha value is -3.67. The van der Waals surface area contributed by atoms with Gasteiger partial charge in [-0.2, -0.15) is 0 Å². The lowest BCUT2D eigenvalue weighted by molar-refractivity contribution is -0.268. The first-order valence-electron chi connectivity index (χ1n) is 12.8. The number of hydrogen-bond donors (Lipinski definition) is 8. The van der Waals surface area contributed by atoms with Crippen molar-refractivity contribution in [2.24, 2.45) is 0 Å². The third kappa shape index (κ3) is 5.32. The van der Waals surface area contributed by atoms with Gasteiger partial charge in [-0.15, -0.1) is 0 Å². The molecule has 0 saturated carbocycles. The predicted molar refractivity (Wildman–Crippen MR) is 139 cm³/mol. The first-order chi connectivity index (χ1) is 19.9. The van der Waals surface area contributed by atoms with Crippen molar-refractivity contribution < 1.29 is 69.0 Å². The summed E-state index contributed by atoms with van der Waals surface area (Å²) < 4.78 is 33.0. The molecular formula is C27H30O15. The molecule has 15 heteroatoms. The SMILES string of the molecule is COc1c(O[C@@H]2O[C@@H](C)[C@H](O)[C@@H](O)[C@@H]2O)cc2oc(-c3ccc(O)c(O[C@H]4OC[C@H](O)[C@@H](O)[C@H]4O)c3)cc(=O)c2c1O. The average Bonchev–Trinajstić information content (AvgIpc) is 2.95. The average molecular weight is 595 g/mol. The highest BCUT2D eigenvalue weighted by Gasteiger charge is 2.44. The molecule has 0 amide bonds. The lowest BCUT2D eigenvalue weighted by Crippen LogP contribution is -2.58. The Bertz CT molecular complexity index is 1510. The normalized spacial score (nSPS) is 31.6. The summed E-state index contributed by atoms with van der Waals surface area (Å²) in [6, 6.07) is 6.15. The van der Waals surface area contributed by atoms with Crippen LogP contribution in [0.15, 0.2) is 39.5 Å². The van der Waals surface area contributed by atoms with Gasteiger partial charge < -0.3 is 69.0 Å². The zero-order chi connectivity index (χ0) is 30.5. The van der Waals surface area contributed by atoms with Gasteiger partial charge in [-0.25, -0.2) is 0 Å². The molecule has 15 nitrogen and oxygen atoms in total. The van der Waals surface area contributed by atoms with Crippen LogP contribution in [-0.2, 0) is 9.47 Å². The van der Waals surface area contributed by atoms with Crippen LogP contribution in [0.3, 0.4) is 0 Å². The third-order valence-electron chi connectivity index (χ3n) is 7.11. The number of benzene rings is 2. The number of aliphatic hydroxyl groups excluding tert-OH is 6. The van der Waals surface area contributed by atoms with Crippen LogP contribution in [-0.4, -0.2) is 110 Å². The van der Waals surface area contributed by atoms with E-state index in [9.17, 15) is 45.6 Å². The monoisotopic (exact) mass is 594 g/mol. The minimum absolute atomic E-state index is 0.0467. The molecular weight excluding hydrogens is 564 g/mol. The minimum atomic E-state index is -1.68. The summed E-state index contributed by atoms with van der Waals surface area (Å²) in [7, 11) is 1.20. The molecule has 3 heterocycles. The number of phenols is 2. The molecule has 228 valence electrons.